The average Bonchev–Trinajstić information content (AvgIpc) is 2.96. The number of hydrogen-bond donors (Lipinski definition) is 1. The van der Waals surface area contributed by atoms with E-state index in [9.17, 15) is 45.4 Å². The molecular weight excluding hydrogens is 435 g/mol. The predicted octanol–water partition coefficient (Wildman–Crippen LogP) is 5.38. The highest BCUT2D eigenvalue weighted by molar-refractivity contribution is 5.82. The summed E-state index contributed by atoms with van der Waals surface area (Å²) in [5.41, 5.74) is 2.10. The second-order valence-electron chi connectivity index (χ2n) is 6.97. The summed E-state index contributed by atoms with van der Waals surface area (Å²) in [6.07, 6.45) is -14.5. The number of alkyl halides is 6. The SMILES string of the molecule is O=C(F)[C@@H](C(C(F)(F)F)C(F)(F)F)N(CC1c2ccccc2-c2ccccc21)C(=O)O. The number of carbonyl (C=O) groups is 2. The van der Waals surface area contributed by atoms with Gasteiger partial charge in [-0.2, -0.15) is 30.7 Å². The van der Waals surface area contributed by atoms with E-state index in [-0.39, 0.29) is 0 Å². The minimum absolute atomic E-state index is 0.405. The maximum atomic E-state index is 13.6. The van der Waals surface area contributed by atoms with Gasteiger partial charge in [-0.1, -0.05) is 48.5 Å². The van der Waals surface area contributed by atoms with Crippen LogP contribution in [0.15, 0.2) is 48.5 Å². The van der Waals surface area contributed by atoms with Crippen LogP contribution >= 0.6 is 0 Å². The Bertz CT molecular complexity index is 943. The Morgan fingerprint density at radius 2 is 1.29 bits per heavy atom. The Labute approximate surface area is 170 Å². The molecule has 2 aromatic carbocycles. The third-order valence-electron chi connectivity index (χ3n) is 5.18. The highest BCUT2D eigenvalue weighted by Gasteiger charge is 2.64. The van der Waals surface area contributed by atoms with E-state index in [0.29, 0.717) is 22.3 Å². The van der Waals surface area contributed by atoms with Crippen LogP contribution in [0.3, 0.4) is 0 Å². The van der Waals surface area contributed by atoms with Crippen molar-refractivity contribution < 1.29 is 45.4 Å². The number of nitrogens with zero attached hydrogens (tertiary/aromatic N) is 1. The molecule has 2 aromatic rings. The number of benzene rings is 2. The number of carbonyl (C=O) groups excluding carboxylic acids is 1. The van der Waals surface area contributed by atoms with Gasteiger partial charge in [-0.3, -0.25) is 9.69 Å². The summed E-state index contributed by atoms with van der Waals surface area (Å²) in [5, 5.41) is 9.40. The fraction of sp³-hybridized carbons (Fsp3) is 0.300. The van der Waals surface area contributed by atoms with Gasteiger partial charge in [0.1, 0.15) is 6.04 Å². The van der Waals surface area contributed by atoms with Gasteiger partial charge in [0.2, 0.25) is 0 Å². The van der Waals surface area contributed by atoms with Crippen LogP contribution in [0, 0.1) is 5.92 Å². The van der Waals surface area contributed by atoms with Crippen molar-refractivity contribution in [1.82, 2.24) is 4.90 Å². The molecule has 1 amide bonds. The minimum Gasteiger partial charge on any atom is -0.465 e. The Morgan fingerprint density at radius 1 is 0.871 bits per heavy atom. The molecule has 1 atom stereocenters. The van der Waals surface area contributed by atoms with E-state index in [1.165, 1.54) is 12.1 Å². The molecular formula is C20H14F7NO3. The number of hydrogen-bond acceptors (Lipinski definition) is 2. The fourth-order valence-electron chi connectivity index (χ4n) is 3.94. The van der Waals surface area contributed by atoms with Crippen molar-refractivity contribution in [3.8, 4) is 11.1 Å². The first-order valence-electron chi connectivity index (χ1n) is 8.84. The summed E-state index contributed by atoms with van der Waals surface area (Å²) in [6.45, 7) is -0.980. The van der Waals surface area contributed by atoms with Crippen LogP contribution in [0.4, 0.5) is 35.5 Å². The minimum atomic E-state index is -6.11. The second-order valence-corrected chi connectivity index (χ2v) is 6.97. The maximum absolute atomic E-state index is 13.6. The Morgan fingerprint density at radius 3 is 1.65 bits per heavy atom. The Balaban J connectivity index is 2.10. The van der Waals surface area contributed by atoms with Gasteiger partial charge in [0.05, 0.1) is 0 Å². The van der Waals surface area contributed by atoms with Gasteiger partial charge in [0, 0.05) is 12.5 Å². The molecule has 0 spiro atoms. The molecule has 0 saturated heterocycles. The number of carboxylic acid groups (broad SMARTS) is 1. The molecule has 11 heteroatoms. The lowest BCUT2D eigenvalue weighted by atomic mass is 9.92. The molecule has 166 valence electrons. The number of amides is 1. The molecule has 31 heavy (non-hydrogen) atoms. The average molecular weight is 449 g/mol. The van der Waals surface area contributed by atoms with Crippen molar-refractivity contribution in [3.05, 3.63) is 59.7 Å². The summed E-state index contributed by atoms with van der Waals surface area (Å²) in [5.74, 6) is -5.51. The summed E-state index contributed by atoms with van der Waals surface area (Å²) in [4.78, 5) is 22.6. The first-order valence-corrected chi connectivity index (χ1v) is 8.84. The molecule has 1 aliphatic rings. The van der Waals surface area contributed by atoms with Crippen molar-refractivity contribution in [2.75, 3.05) is 6.54 Å². The van der Waals surface area contributed by atoms with Gasteiger partial charge >= 0.3 is 24.5 Å². The van der Waals surface area contributed by atoms with Crippen molar-refractivity contribution in [1.29, 1.82) is 0 Å². The van der Waals surface area contributed by atoms with Gasteiger partial charge in [0.15, 0.2) is 5.92 Å². The van der Waals surface area contributed by atoms with Gasteiger partial charge in [-0.25, -0.2) is 4.79 Å². The van der Waals surface area contributed by atoms with E-state index in [0.717, 1.165) is 0 Å². The fourth-order valence-corrected chi connectivity index (χ4v) is 3.94. The second kappa shape index (κ2) is 7.86. The first kappa shape index (κ1) is 22.6. The molecule has 0 saturated carbocycles. The highest BCUT2D eigenvalue weighted by atomic mass is 19.4. The van der Waals surface area contributed by atoms with Crippen LogP contribution in [0.5, 0.6) is 0 Å². The maximum Gasteiger partial charge on any atom is 0.408 e. The smallest absolute Gasteiger partial charge is 0.408 e. The molecule has 0 fully saturated rings. The third-order valence-corrected chi connectivity index (χ3v) is 5.18. The van der Waals surface area contributed by atoms with E-state index in [1.54, 1.807) is 36.4 Å². The van der Waals surface area contributed by atoms with E-state index in [1.807, 2.05) is 0 Å². The quantitative estimate of drug-likeness (QED) is 0.492. The van der Waals surface area contributed by atoms with Crippen LogP contribution in [-0.4, -0.2) is 47.1 Å². The zero-order valence-electron chi connectivity index (χ0n) is 15.4. The lowest BCUT2D eigenvalue weighted by Crippen LogP contribution is -2.57. The van der Waals surface area contributed by atoms with Crippen molar-refractivity contribution in [2.45, 2.75) is 24.3 Å². The lowest BCUT2D eigenvalue weighted by molar-refractivity contribution is -0.296. The number of fused-ring (bicyclic) bond motifs is 3. The van der Waals surface area contributed by atoms with Crippen LogP contribution < -0.4 is 0 Å². The molecule has 0 radical (unpaired) electrons. The van der Waals surface area contributed by atoms with Crippen LogP contribution in [0.1, 0.15) is 17.0 Å². The number of rotatable bonds is 5. The molecule has 1 aliphatic carbocycles. The molecule has 0 bridgehead atoms. The summed E-state index contributed by atoms with van der Waals surface area (Å²) in [6, 6.07) is 6.17. The molecule has 4 nitrogen and oxygen atoms in total. The topological polar surface area (TPSA) is 57.6 Å². The van der Waals surface area contributed by atoms with Gasteiger partial charge < -0.3 is 5.11 Å². The summed E-state index contributed by atoms with van der Waals surface area (Å²) >= 11 is 0. The molecule has 1 N–H and O–H groups in total. The van der Waals surface area contributed by atoms with Crippen molar-refractivity contribution in [2.24, 2.45) is 5.92 Å². The van der Waals surface area contributed by atoms with E-state index in [4.69, 9.17) is 0 Å². The Kier molecular flexibility index (Phi) is 5.72. The normalized spacial score (nSPS) is 14.8. The largest absolute Gasteiger partial charge is 0.465 e. The summed E-state index contributed by atoms with van der Waals surface area (Å²) < 4.78 is 92.7. The van der Waals surface area contributed by atoms with Crippen LogP contribution in [-0.2, 0) is 4.79 Å². The summed E-state index contributed by atoms with van der Waals surface area (Å²) in [7, 11) is 0. The lowest BCUT2D eigenvalue weighted by Gasteiger charge is -2.35. The van der Waals surface area contributed by atoms with Gasteiger partial charge in [-0.05, 0) is 22.3 Å². The van der Waals surface area contributed by atoms with Gasteiger partial charge in [0.25, 0.3) is 0 Å². The molecule has 0 unspecified atom stereocenters. The van der Waals surface area contributed by atoms with Gasteiger partial charge in [-0.15, -0.1) is 0 Å². The standard InChI is InChI=1S/C20H14F7NO3/c21-17(29)15(16(19(22,23)24)20(25,26)27)28(18(30)31)9-14-12-7-3-1-5-10(12)11-6-2-4-8-13(11)14/h1-8,14-16H,9H2,(H,30,31)/t15-/m1/s1. The van der Waals surface area contributed by atoms with E-state index < -0.39 is 53.8 Å². The predicted molar refractivity (Wildman–Crippen MR) is 94.0 cm³/mol. The first-order chi connectivity index (χ1) is 14.3. The Hall–Kier alpha value is -3.11. The van der Waals surface area contributed by atoms with E-state index in [2.05, 4.69) is 0 Å². The number of halogens is 7. The molecule has 3 rings (SSSR count). The third kappa shape index (κ3) is 4.21. The molecule has 0 aliphatic heterocycles. The van der Waals surface area contributed by atoms with Crippen molar-refractivity contribution in [3.63, 3.8) is 0 Å². The van der Waals surface area contributed by atoms with Crippen molar-refractivity contribution >= 4 is 12.1 Å². The zero-order valence-corrected chi connectivity index (χ0v) is 15.4. The van der Waals surface area contributed by atoms with Crippen LogP contribution in [0.25, 0.3) is 11.1 Å². The highest BCUT2D eigenvalue weighted by Crippen LogP contribution is 2.47. The molecule has 0 aromatic heterocycles. The monoisotopic (exact) mass is 449 g/mol. The molecule has 0 heterocycles. The van der Waals surface area contributed by atoms with Crippen LogP contribution in [0.2, 0.25) is 0 Å². The zero-order chi connectivity index (χ0) is 23.1. The van der Waals surface area contributed by atoms with E-state index >= 15 is 0 Å².